The number of piperazine rings is 1. The molecule has 0 atom stereocenters. The lowest BCUT2D eigenvalue weighted by Gasteiger charge is -2.43. The lowest BCUT2D eigenvalue weighted by molar-refractivity contribution is -0.140. The summed E-state index contributed by atoms with van der Waals surface area (Å²) in [5.41, 5.74) is 1.43. The molecule has 28 heavy (non-hydrogen) atoms. The van der Waals surface area contributed by atoms with Gasteiger partial charge in [-0.25, -0.2) is 4.98 Å². The fourth-order valence-electron chi connectivity index (χ4n) is 3.62. The van der Waals surface area contributed by atoms with Crippen molar-refractivity contribution in [1.29, 1.82) is 0 Å². The number of amides is 2. The molecule has 2 amide bonds. The maximum atomic E-state index is 12.8. The molecule has 3 heterocycles. The van der Waals surface area contributed by atoms with Crippen LogP contribution in [0.5, 0.6) is 5.75 Å². The highest BCUT2D eigenvalue weighted by molar-refractivity contribution is 5.94. The van der Waals surface area contributed by atoms with Gasteiger partial charge in [0.1, 0.15) is 11.4 Å². The summed E-state index contributed by atoms with van der Waals surface area (Å²) >= 11 is 0. The number of hydrogen-bond donors (Lipinski definition) is 0. The van der Waals surface area contributed by atoms with Gasteiger partial charge in [-0.05, 0) is 12.1 Å². The van der Waals surface area contributed by atoms with Crippen LogP contribution in [0.1, 0.15) is 10.5 Å². The fourth-order valence-corrected chi connectivity index (χ4v) is 3.62. The summed E-state index contributed by atoms with van der Waals surface area (Å²) in [6.45, 7) is 3.84. The average Bonchev–Trinajstić information content (AvgIpc) is 2.73. The van der Waals surface area contributed by atoms with E-state index in [-0.39, 0.29) is 17.7 Å². The van der Waals surface area contributed by atoms with E-state index in [1.54, 1.807) is 12.0 Å². The highest BCUT2D eigenvalue weighted by atomic mass is 16.5. The van der Waals surface area contributed by atoms with E-state index in [1.807, 2.05) is 23.1 Å². The van der Waals surface area contributed by atoms with Crippen molar-refractivity contribution in [3.8, 4) is 5.75 Å². The van der Waals surface area contributed by atoms with Crippen molar-refractivity contribution in [1.82, 2.24) is 19.8 Å². The highest BCUT2D eigenvalue weighted by Gasteiger charge is 2.39. The van der Waals surface area contributed by atoms with Crippen molar-refractivity contribution < 1.29 is 14.3 Å². The van der Waals surface area contributed by atoms with Crippen molar-refractivity contribution in [3.05, 3.63) is 48.5 Å². The van der Waals surface area contributed by atoms with Crippen LogP contribution < -0.4 is 9.64 Å². The number of anilines is 1. The van der Waals surface area contributed by atoms with E-state index in [2.05, 4.69) is 20.9 Å². The third kappa shape index (κ3) is 3.62. The third-order valence-electron chi connectivity index (χ3n) is 5.31. The number of carbonyl (C=O) groups excluding carboxylic acids is 2. The molecule has 0 bridgehead atoms. The lowest BCUT2D eigenvalue weighted by atomic mass is 9.97. The fraction of sp³-hybridized carbons (Fsp3) is 0.400. The predicted molar refractivity (Wildman–Crippen MR) is 103 cm³/mol. The monoisotopic (exact) mass is 381 g/mol. The minimum atomic E-state index is -0.167. The Balaban J connectivity index is 1.28. The van der Waals surface area contributed by atoms with E-state index < -0.39 is 0 Å². The average molecular weight is 381 g/mol. The second-order valence-electron chi connectivity index (χ2n) is 7.01. The Hall–Kier alpha value is -3.16. The van der Waals surface area contributed by atoms with Crippen LogP contribution >= 0.6 is 0 Å². The van der Waals surface area contributed by atoms with Crippen molar-refractivity contribution in [3.63, 3.8) is 0 Å². The van der Waals surface area contributed by atoms with Crippen LogP contribution in [0.3, 0.4) is 0 Å². The Kier molecular flexibility index (Phi) is 5.10. The van der Waals surface area contributed by atoms with Crippen LogP contribution in [0.25, 0.3) is 0 Å². The van der Waals surface area contributed by atoms with Crippen LogP contribution in [-0.2, 0) is 4.79 Å². The Morgan fingerprint density at radius 1 is 1.07 bits per heavy atom. The van der Waals surface area contributed by atoms with E-state index in [0.717, 1.165) is 24.5 Å². The molecule has 146 valence electrons. The topological polar surface area (TPSA) is 78.9 Å². The summed E-state index contributed by atoms with van der Waals surface area (Å²) in [6.07, 6.45) is 4.48. The number of aromatic nitrogens is 2. The molecule has 2 fully saturated rings. The van der Waals surface area contributed by atoms with Gasteiger partial charge in [0.2, 0.25) is 5.91 Å². The Morgan fingerprint density at radius 2 is 1.86 bits per heavy atom. The summed E-state index contributed by atoms with van der Waals surface area (Å²) in [5, 5.41) is 0. The highest BCUT2D eigenvalue weighted by Crippen LogP contribution is 2.24. The zero-order chi connectivity index (χ0) is 19.5. The van der Waals surface area contributed by atoms with Crippen LogP contribution in [0.15, 0.2) is 42.9 Å². The summed E-state index contributed by atoms with van der Waals surface area (Å²) in [6, 6.07) is 7.97. The SMILES string of the molecule is COc1cccc(N2CCN(C(=O)C3CN(C(=O)c4cnccn4)C3)CC2)c1. The Bertz CT molecular complexity index is 846. The third-order valence-corrected chi connectivity index (χ3v) is 5.31. The number of benzene rings is 1. The first-order valence-electron chi connectivity index (χ1n) is 9.39. The molecule has 2 saturated heterocycles. The lowest BCUT2D eigenvalue weighted by Crippen LogP contribution is -2.59. The molecular formula is C20H23N5O3. The quantitative estimate of drug-likeness (QED) is 0.783. The molecule has 0 N–H and O–H groups in total. The summed E-state index contributed by atoms with van der Waals surface area (Å²) < 4.78 is 5.29. The van der Waals surface area contributed by atoms with Gasteiger partial charge in [0.15, 0.2) is 0 Å². The van der Waals surface area contributed by atoms with E-state index in [9.17, 15) is 9.59 Å². The summed E-state index contributed by atoms with van der Waals surface area (Å²) in [5.74, 6) is 0.677. The van der Waals surface area contributed by atoms with Crippen molar-refractivity contribution in [2.24, 2.45) is 5.92 Å². The van der Waals surface area contributed by atoms with Gasteiger partial charge >= 0.3 is 0 Å². The molecule has 0 unspecified atom stereocenters. The van der Waals surface area contributed by atoms with Gasteiger partial charge in [-0.15, -0.1) is 0 Å². The second-order valence-corrected chi connectivity index (χ2v) is 7.01. The number of ether oxygens (including phenoxy) is 1. The molecule has 2 aliphatic heterocycles. The standard InChI is InChI=1S/C20H23N5O3/c1-28-17-4-2-3-16(11-17)23-7-9-24(10-8-23)19(26)15-13-25(14-15)20(27)18-12-21-5-6-22-18/h2-6,11-12,15H,7-10,13-14H2,1H3. The zero-order valence-electron chi connectivity index (χ0n) is 15.8. The van der Waals surface area contributed by atoms with Crippen LogP contribution in [0.4, 0.5) is 5.69 Å². The number of likely N-dealkylation sites (tertiary alicyclic amines) is 1. The number of methoxy groups -OCH3 is 1. The van der Waals surface area contributed by atoms with Gasteiger partial charge in [-0.3, -0.25) is 14.6 Å². The Labute approximate surface area is 163 Å². The minimum Gasteiger partial charge on any atom is -0.497 e. The van der Waals surface area contributed by atoms with Gasteiger partial charge < -0.3 is 19.4 Å². The first kappa shape index (κ1) is 18.2. The first-order valence-corrected chi connectivity index (χ1v) is 9.39. The molecule has 8 heteroatoms. The van der Waals surface area contributed by atoms with Gasteiger partial charge in [0.25, 0.3) is 5.91 Å². The van der Waals surface area contributed by atoms with E-state index in [4.69, 9.17) is 4.74 Å². The van der Waals surface area contributed by atoms with Crippen LogP contribution in [0, 0.1) is 5.92 Å². The van der Waals surface area contributed by atoms with Crippen molar-refractivity contribution in [2.45, 2.75) is 0 Å². The normalized spacial score (nSPS) is 17.2. The maximum absolute atomic E-state index is 12.8. The molecule has 8 nitrogen and oxygen atoms in total. The first-order chi connectivity index (χ1) is 13.7. The number of nitrogens with zero attached hydrogens (tertiary/aromatic N) is 5. The molecule has 0 saturated carbocycles. The molecule has 0 spiro atoms. The molecule has 4 rings (SSSR count). The molecule has 0 radical (unpaired) electrons. The van der Waals surface area contributed by atoms with Crippen molar-refractivity contribution in [2.75, 3.05) is 51.3 Å². The maximum Gasteiger partial charge on any atom is 0.274 e. The zero-order valence-corrected chi connectivity index (χ0v) is 15.8. The largest absolute Gasteiger partial charge is 0.497 e. The summed E-state index contributed by atoms with van der Waals surface area (Å²) in [4.78, 5) is 38.8. The van der Waals surface area contributed by atoms with Crippen molar-refractivity contribution >= 4 is 17.5 Å². The molecule has 1 aromatic carbocycles. The van der Waals surface area contributed by atoms with Gasteiger partial charge in [-0.1, -0.05) is 6.07 Å². The Morgan fingerprint density at radius 3 is 2.54 bits per heavy atom. The van der Waals surface area contributed by atoms with Crippen LogP contribution in [0.2, 0.25) is 0 Å². The minimum absolute atomic E-state index is 0.121. The van der Waals surface area contributed by atoms with E-state index in [1.165, 1.54) is 18.6 Å². The van der Waals surface area contributed by atoms with Gasteiger partial charge in [0.05, 0.1) is 19.2 Å². The molecule has 2 aromatic rings. The molecule has 2 aliphatic rings. The summed E-state index contributed by atoms with van der Waals surface area (Å²) in [7, 11) is 1.66. The molecule has 1 aromatic heterocycles. The number of hydrogen-bond acceptors (Lipinski definition) is 6. The van der Waals surface area contributed by atoms with E-state index >= 15 is 0 Å². The van der Waals surface area contributed by atoms with Gasteiger partial charge in [0, 0.05) is 63.4 Å². The molecular weight excluding hydrogens is 358 g/mol. The number of rotatable bonds is 4. The predicted octanol–water partition coefficient (Wildman–Crippen LogP) is 0.906. The van der Waals surface area contributed by atoms with E-state index in [0.29, 0.717) is 31.9 Å². The molecule has 0 aliphatic carbocycles. The second kappa shape index (κ2) is 7.84. The van der Waals surface area contributed by atoms with Gasteiger partial charge in [-0.2, -0.15) is 0 Å². The van der Waals surface area contributed by atoms with Crippen LogP contribution in [-0.4, -0.2) is 78.0 Å². The smallest absolute Gasteiger partial charge is 0.274 e. The number of carbonyl (C=O) groups is 2.